The fourth-order valence-electron chi connectivity index (χ4n) is 2.05. The van der Waals surface area contributed by atoms with E-state index in [4.69, 9.17) is 55.4 Å². The summed E-state index contributed by atoms with van der Waals surface area (Å²) in [7, 11) is 0. The minimum Gasteiger partial charge on any atom is -0.146 e. The van der Waals surface area contributed by atoms with Crippen molar-refractivity contribution in [2.75, 3.05) is 0 Å². The summed E-state index contributed by atoms with van der Waals surface area (Å²) in [6.07, 6.45) is 16.4. The van der Waals surface area contributed by atoms with E-state index in [1.165, 1.54) is 38.1 Å². The Morgan fingerprint density at radius 1 is 0.600 bits per heavy atom. The smallest absolute Gasteiger partial charge is 0.146 e. The lowest BCUT2D eigenvalue weighted by atomic mass is 10.1. The average Bonchev–Trinajstić information content (AvgIpc) is 2.59. The van der Waals surface area contributed by atoms with Gasteiger partial charge >= 0.3 is 6.00 Å². The fraction of sp³-hybridized carbons (Fsp3) is 0.700. The van der Waals surface area contributed by atoms with Gasteiger partial charge in [0.15, 0.2) is 5.31 Å². The summed E-state index contributed by atoms with van der Waals surface area (Å²) in [5, 5.41) is -1.12. The van der Waals surface area contributed by atoms with Gasteiger partial charge in [-0.05, 0) is 56.8 Å². The minimum atomic E-state index is -2.32. The molecule has 10 heteroatoms. The molecule has 0 aromatic rings. The predicted molar refractivity (Wildman–Crippen MR) is 163 cm³/mol. The van der Waals surface area contributed by atoms with Crippen molar-refractivity contribution in [3.8, 4) is 0 Å². The molecule has 0 N–H and O–H groups in total. The zero-order chi connectivity index (χ0) is 24.1. The predicted octanol–water partition coefficient (Wildman–Crippen LogP) is 12.1. The highest BCUT2D eigenvalue weighted by Gasteiger charge is 2.23. The second kappa shape index (κ2) is 23.0. The van der Waals surface area contributed by atoms with Crippen molar-refractivity contribution in [3.05, 3.63) is 38.0 Å². The van der Waals surface area contributed by atoms with Gasteiger partial charge in [0, 0.05) is 0 Å². The van der Waals surface area contributed by atoms with Crippen molar-refractivity contribution in [1.29, 1.82) is 0 Å². The van der Waals surface area contributed by atoms with Crippen LogP contribution in [0.4, 0.5) is 0 Å². The van der Waals surface area contributed by atoms with Gasteiger partial charge in [-0.1, -0.05) is 50.5 Å². The number of hydrogen-bond donors (Lipinski definition) is 0. The largest absolute Gasteiger partial charge is 0.341 e. The number of unbranched alkanes of at least 4 members (excludes halogenated alkanes) is 6. The van der Waals surface area contributed by atoms with Crippen LogP contribution in [0.25, 0.3) is 0 Å². The Hall–Kier alpha value is 2.28. The summed E-state index contributed by atoms with van der Waals surface area (Å²) in [6.45, 7) is 13.3. The first-order valence-corrected chi connectivity index (χ1v) is 27.5. The Morgan fingerprint density at radius 2 is 1.00 bits per heavy atom. The van der Waals surface area contributed by atoms with Crippen LogP contribution < -0.4 is 0 Å². The molecule has 0 fully saturated rings. The van der Waals surface area contributed by atoms with Crippen LogP contribution in [0.5, 0.6) is 0 Å². The summed E-state index contributed by atoms with van der Waals surface area (Å²) >= 11 is 35.9. The van der Waals surface area contributed by atoms with Crippen molar-refractivity contribution in [2.45, 2.75) is 89.0 Å². The van der Waals surface area contributed by atoms with Crippen LogP contribution in [0.1, 0.15) is 57.8 Å². The molecule has 0 heterocycles. The normalized spacial score (nSPS) is 11.5. The molecule has 0 aliphatic carbocycles. The van der Waals surface area contributed by atoms with Crippen molar-refractivity contribution >= 4 is 104 Å². The first-order chi connectivity index (χ1) is 13.7. The number of hydrogen-bond acceptors (Lipinski definition) is 0. The Kier molecular flexibility index (Phi) is 28.3. The van der Waals surface area contributed by atoms with Gasteiger partial charge in [0.05, 0.1) is 0 Å². The zero-order valence-electron chi connectivity index (χ0n) is 18.5. The third kappa shape index (κ3) is 47.9. The maximum absolute atomic E-state index is 5.77. The molecule has 0 aliphatic heterocycles. The highest BCUT2D eigenvalue weighted by atomic mass is 79.9. The van der Waals surface area contributed by atoms with E-state index < -0.39 is 18.0 Å². The van der Waals surface area contributed by atoms with Gasteiger partial charge in [0.25, 0.3) is 0 Å². The number of halogens is 7. The zero-order valence-corrected chi connectivity index (χ0v) is 28.4. The Balaban J connectivity index is -0.000000372. The van der Waals surface area contributed by atoms with Gasteiger partial charge < -0.3 is 0 Å². The van der Waals surface area contributed by atoms with Gasteiger partial charge in [-0.3, -0.25) is 0 Å². The lowest BCUT2D eigenvalue weighted by molar-refractivity contribution is 0.673. The maximum Gasteiger partial charge on any atom is 0.341 e. The molecule has 0 aliphatic rings. The van der Waals surface area contributed by atoms with Gasteiger partial charge in [-0.2, -0.15) is 0 Å². The molecule has 0 aromatic carbocycles. The van der Waals surface area contributed by atoms with Crippen LogP contribution in [0.15, 0.2) is 38.0 Å². The third-order valence-corrected chi connectivity index (χ3v) is 12.2. The lowest BCUT2D eigenvalue weighted by Gasteiger charge is -2.09. The topological polar surface area (TPSA) is 0 Å². The monoisotopic (exact) mass is 696 g/mol. The van der Waals surface area contributed by atoms with E-state index in [9.17, 15) is 0 Å². The molecule has 0 aromatic heterocycles. The van der Waals surface area contributed by atoms with E-state index in [1.807, 2.05) is 24.8 Å². The van der Waals surface area contributed by atoms with E-state index in [0.29, 0.717) is 0 Å². The van der Waals surface area contributed by atoms with Gasteiger partial charge in [0.1, 0.15) is 0 Å². The van der Waals surface area contributed by atoms with Crippen LogP contribution in [0, 0.1) is 0 Å². The summed E-state index contributed by atoms with van der Waals surface area (Å²) in [5.41, 5.74) is 0. The Labute approximate surface area is 228 Å². The van der Waals surface area contributed by atoms with E-state index in [2.05, 4.69) is 56.9 Å². The maximum atomic E-state index is 5.77. The van der Waals surface area contributed by atoms with Crippen molar-refractivity contribution < 1.29 is 0 Å². The summed E-state index contributed by atoms with van der Waals surface area (Å²) < 4.78 is 0. The summed E-state index contributed by atoms with van der Waals surface area (Å²) in [5.74, 6) is 0. The lowest BCUT2D eigenvalue weighted by Crippen LogP contribution is -2.10. The molecule has 30 heavy (non-hydrogen) atoms. The molecular formula is C20H39Br2Cl5Si3. The second-order valence-electron chi connectivity index (χ2n) is 7.36. The standard InChI is InChI=1S/C9H18Br2Si.C6H11Cl3Si.C5H10Cl2Si/c1-3-4-5-6-7-8-9-12(2,10)11;1-2-3-4-5-6-10(7,8)9;1-3-4-5-8(2,6)7/h3H,1,4-9H2,2H3;2H,1,3-6H2;3H,1,4-5H2,2H3. The van der Waals surface area contributed by atoms with Crippen molar-refractivity contribution in [3.63, 3.8) is 0 Å². The van der Waals surface area contributed by atoms with E-state index in [-0.39, 0.29) is 0 Å². The highest BCUT2D eigenvalue weighted by Crippen LogP contribution is 2.28. The molecule has 0 atom stereocenters. The first-order valence-electron chi connectivity index (χ1n) is 10.3. The van der Waals surface area contributed by atoms with E-state index >= 15 is 0 Å². The molecule has 0 saturated carbocycles. The SMILES string of the molecule is C=CCCCCCC[Si](C)(Br)Br.C=CCCCC[Si](Cl)(Cl)Cl.C=CCC[Si](C)(Cl)Cl. The van der Waals surface area contributed by atoms with Crippen LogP contribution in [0.3, 0.4) is 0 Å². The molecule has 0 nitrogen and oxygen atoms in total. The Bertz CT molecular complexity index is 420. The highest BCUT2D eigenvalue weighted by molar-refractivity contribution is 9.51. The van der Waals surface area contributed by atoms with Crippen molar-refractivity contribution in [2.24, 2.45) is 0 Å². The van der Waals surface area contributed by atoms with Crippen molar-refractivity contribution in [1.82, 2.24) is 0 Å². The molecule has 0 radical (unpaired) electrons. The van der Waals surface area contributed by atoms with Crippen LogP contribution in [0.2, 0.25) is 31.2 Å². The van der Waals surface area contributed by atoms with E-state index in [1.54, 1.807) is 0 Å². The molecule has 0 rings (SSSR count). The Morgan fingerprint density at radius 3 is 1.33 bits per heavy atom. The van der Waals surface area contributed by atoms with Crippen LogP contribution in [-0.4, -0.2) is 18.0 Å². The molecule has 0 amide bonds. The van der Waals surface area contributed by atoms with Gasteiger partial charge in [-0.25, -0.2) is 0 Å². The summed E-state index contributed by atoms with van der Waals surface area (Å²) in [4.78, 5) is 0. The quantitative estimate of drug-likeness (QED) is 0.0690. The molecular weight excluding hydrogens is 662 g/mol. The average molecular weight is 701 g/mol. The molecule has 0 bridgehead atoms. The van der Waals surface area contributed by atoms with Gasteiger partial charge in [0.2, 0.25) is 6.69 Å². The van der Waals surface area contributed by atoms with Crippen LogP contribution >= 0.6 is 86.0 Å². The number of allylic oxidation sites excluding steroid dienone is 3. The number of rotatable bonds is 15. The molecule has 0 saturated heterocycles. The fourth-order valence-corrected chi connectivity index (χ4v) is 7.82. The third-order valence-electron chi connectivity index (χ3n) is 3.68. The van der Waals surface area contributed by atoms with E-state index in [0.717, 1.165) is 37.8 Å². The first kappa shape index (κ1) is 36.8. The summed E-state index contributed by atoms with van der Waals surface area (Å²) in [6, 6.07) is 0.695. The second-order valence-corrected chi connectivity index (χ2v) is 41.2. The molecule has 0 spiro atoms. The van der Waals surface area contributed by atoms with Gasteiger partial charge in [-0.15, -0.1) is 106 Å². The molecule has 0 unspecified atom stereocenters. The molecule has 180 valence electrons. The minimum absolute atomic E-state index is 0.769. The van der Waals surface area contributed by atoms with Crippen LogP contribution in [-0.2, 0) is 0 Å².